The average molecular weight is 502 g/mol. The third-order valence-corrected chi connectivity index (χ3v) is 5.63. The van der Waals surface area contributed by atoms with Crippen LogP contribution >= 0.6 is 12.2 Å². The topological polar surface area (TPSA) is 136 Å². The quantitative estimate of drug-likeness (QED) is 0.157. The minimum Gasteiger partial charge on any atom is -0.382 e. The molecule has 0 atom stereocenters. The van der Waals surface area contributed by atoms with Crippen LogP contribution in [0.2, 0.25) is 0 Å². The first-order valence-corrected chi connectivity index (χ1v) is 11.3. The van der Waals surface area contributed by atoms with Gasteiger partial charge in [0, 0.05) is 51.0 Å². The van der Waals surface area contributed by atoms with Gasteiger partial charge < -0.3 is 31.0 Å². The van der Waals surface area contributed by atoms with Crippen molar-refractivity contribution < 1.29 is 15.1 Å². The molecule has 0 fully saturated rings. The lowest BCUT2D eigenvalue weighted by Gasteiger charge is -2.21. The van der Waals surface area contributed by atoms with Crippen molar-refractivity contribution in [3.8, 4) is 0 Å². The molecule has 1 aromatic heterocycles. The molecule has 11 nitrogen and oxygen atoms in total. The number of carbonyl (C=O) groups is 1. The number of likely N-dealkylation sites (N-methyl/N-ethyl adjacent to an activating group) is 2. The van der Waals surface area contributed by atoms with Crippen LogP contribution in [0, 0.1) is 10.1 Å². The minimum atomic E-state index is -1.50. The van der Waals surface area contributed by atoms with Gasteiger partial charge >= 0.3 is 0 Å². The molecule has 35 heavy (non-hydrogen) atoms. The van der Waals surface area contributed by atoms with Crippen molar-refractivity contribution in [2.45, 2.75) is 0 Å². The molecule has 0 bridgehead atoms. The fourth-order valence-electron chi connectivity index (χ4n) is 3.42. The Kier molecular flexibility index (Phi) is 10.4. The van der Waals surface area contributed by atoms with Gasteiger partial charge in [-0.1, -0.05) is 30.3 Å². The summed E-state index contributed by atoms with van der Waals surface area (Å²) < 4.78 is 0. The molecule has 1 amide bonds. The molecule has 2 aromatic carbocycles. The number of benzene rings is 2. The minimum absolute atomic E-state index is 0.111. The van der Waals surface area contributed by atoms with Gasteiger partial charge in [-0.15, -0.1) is 10.1 Å². The summed E-state index contributed by atoms with van der Waals surface area (Å²) in [5.41, 5.74) is 3.11. The van der Waals surface area contributed by atoms with Crippen molar-refractivity contribution in [1.82, 2.24) is 25.4 Å². The molecule has 12 heteroatoms. The fourth-order valence-corrected chi connectivity index (χ4v) is 3.51. The van der Waals surface area contributed by atoms with Crippen LogP contribution < -0.4 is 16.0 Å². The molecule has 1 heterocycles. The number of fused-ring (bicyclic) bond motifs is 2. The van der Waals surface area contributed by atoms with Gasteiger partial charge in [0.25, 0.3) is 11.0 Å². The number of hydrogen-bond donors (Lipinski definition) is 4. The van der Waals surface area contributed by atoms with E-state index in [4.69, 9.17) is 32.5 Å². The first-order chi connectivity index (χ1) is 16.6. The molecule has 3 rings (SSSR count). The van der Waals surface area contributed by atoms with E-state index in [0.717, 1.165) is 35.1 Å². The molecule has 0 unspecified atom stereocenters. The maximum Gasteiger partial charge on any atom is 0.291 e. The number of nitrogens with one attached hydrogen (secondary N) is 3. The number of rotatable bonds is 8. The number of carbonyl (C=O) groups excluding carboxylic acids is 1. The second kappa shape index (κ2) is 13.2. The number of para-hydroxylation sites is 2. The van der Waals surface area contributed by atoms with Gasteiger partial charge in [0.2, 0.25) is 0 Å². The lowest BCUT2D eigenvalue weighted by atomic mass is 10.0. The number of anilines is 1. The molecular weight excluding hydrogens is 470 g/mol. The van der Waals surface area contributed by atoms with Crippen molar-refractivity contribution in [3.63, 3.8) is 0 Å². The van der Waals surface area contributed by atoms with Crippen LogP contribution in [-0.4, -0.2) is 90.5 Å². The number of amides is 1. The first-order valence-electron chi connectivity index (χ1n) is 10.9. The number of hydrogen-bond acceptors (Lipinski definition) is 7. The summed E-state index contributed by atoms with van der Waals surface area (Å²) in [5, 5.41) is 25.8. The number of aromatic nitrogens is 1. The first kappa shape index (κ1) is 27.5. The van der Waals surface area contributed by atoms with Gasteiger partial charge in [-0.3, -0.25) is 4.79 Å². The predicted octanol–water partition coefficient (Wildman–Crippen LogP) is 2.18. The zero-order chi connectivity index (χ0) is 26.0. The Balaban J connectivity index is 0.00000100. The van der Waals surface area contributed by atoms with E-state index in [1.807, 2.05) is 74.4 Å². The normalized spacial score (nSPS) is 10.4. The fraction of sp³-hybridized carbons (Fsp3) is 0.348. The van der Waals surface area contributed by atoms with Gasteiger partial charge in [-0.2, -0.15) is 0 Å². The molecule has 0 radical (unpaired) electrons. The van der Waals surface area contributed by atoms with Crippen molar-refractivity contribution in [3.05, 3.63) is 58.1 Å². The van der Waals surface area contributed by atoms with Crippen LogP contribution in [-0.2, 0) is 0 Å². The summed E-state index contributed by atoms with van der Waals surface area (Å²) in [4.78, 5) is 30.1. The lowest BCUT2D eigenvalue weighted by Crippen LogP contribution is -2.37. The predicted molar refractivity (Wildman–Crippen MR) is 142 cm³/mol. The van der Waals surface area contributed by atoms with Crippen molar-refractivity contribution >= 4 is 50.7 Å². The van der Waals surface area contributed by atoms with E-state index in [1.54, 1.807) is 0 Å². The average Bonchev–Trinajstić information content (AvgIpc) is 2.81. The third kappa shape index (κ3) is 7.90. The van der Waals surface area contributed by atoms with E-state index in [0.29, 0.717) is 29.3 Å². The summed E-state index contributed by atoms with van der Waals surface area (Å²) in [5.74, 6) is -0.111. The summed E-state index contributed by atoms with van der Waals surface area (Å²) >= 11 is 5.29. The monoisotopic (exact) mass is 501 g/mol. The smallest absolute Gasteiger partial charge is 0.291 e. The largest absolute Gasteiger partial charge is 0.382 e. The van der Waals surface area contributed by atoms with Gasteiger partial charge in [-0.05, 0) is 38.4 Å². The van der Waals surface area contributed by atoms with Crippen molar-refractivity contribution in [2.75, 3.05) is 59.7 Å². The van der Waals surface area contributed by atoms with E-state index >= 15 is 0 Å². The molecule has 0 spiro atoms. The van der Waals surface area contributed by atoms with Crippen molar-refractivity contribution in [2.24, 2.45) is 0 Å². The summed E-state index contributed by atoms with van der Waals surface area (Å²) in [6.07, 6.45) is 0. The summed E-state index contributed by atoms with van der Waals surface area (Å²) in [7, 11) is 7.74. The van der Waals surface area contributed by atoms with Crippen LogP contribution in [0.5, 0.6) is 0 Å². The van der Waals surface area contributed by atoms with E-state index in [2.05, 4.69) is 22.0 Å². The maximum absolute atomic E-state index is 12.9. The maximum atomic E-state index is 12.9. The second-order valence-electron chi connectivity index (χ2n) is 7.91. The van der Waals surface area contributed by atoms with Gasteiger partial charge in [-0.25, -0.2) is 4.98 Å². The zero-order valence-corrected chi connectivity index (χ0v) is 21.1. The molecule has 0 aliphatic heterocycles. The third-order valence-electron chi connectivity index (χ3n) is 5.11. The highest BCUT2D eigenvalue weighted by molar-refractivity contribution is 7.80. The standard InChI is InChI=1S/C23H30N6OS.HNO3/c1-24-23(31)29(4)15-13-25-20-16-8-5-6-11-19(16)27-21-17(20)9-7-10-18(21)22(30)26-12-14-28(2)3;2-1(3)4/h5-11H,12-15H2,1-4H3,(H,24,31)(H,25,27)(H,26,30);(H,2,3,4). The second-order valence-corrected chi connectivity index (χ2v) is 8.29. The Hall–Kier alpha value is -3.77. The van der Waals surface area contributed by atoms with Gasteiger partial charge in [0.15, 0.2) is 5.11 Å². The Labute approximate surface area is 209 Å². The Bertz CT molecular complexity index is 1190. The van der Waals surface area contributed by atoms with E-state index in [-0.39, 0.29) is 5.91 Å². The van der Waals surface area contributed by atoms with Gasteiger partial charge in [0.1, 0.15) is 0 Å². The van der Waals surface area contributed by atoms with Gasteiger partial charge in [0.05, 0.1) is 22.3 Å². The molecule has 0 saturated carbocycles. The molecule has 188 valence electrons. The molecular formula is C23H31N7O4S. The van der Waals surface area contributed by atoms with Crippen LogP contribution in [0.1, 0.15) is 10.4 Å². The molecule has 4 N–H and O–H groups in total. The molecule has 0 aliphatic rings. The Morgan fingerprint density at radius 1 is 1.09 bits per heavy atom. The number of pyridine rings is 1. The van der Waals surface area contributed by atoms with Crippen LogP contribution in [0.25, 0.3) is 21.8 Å². The van der Waals surface area contributed by atoms with E-state index < -0.39 is 5.09 Å². The highest BCUT2D eigenvalue weighted by Crippen LogP contribution is 2.32. The number of nitrogens with zero attached hydrogens (tertiary/aromatic N) is 4. The zero-order valence-electron chi connectivity index (χ0n) is 20.2. The molecule has 3 aromatic rings. The van der Waals surface area contributed by atoms with E-state index in [9.17, 15) is 4.79 Å². The van der Waals surface area contributed by atoms with Crippen LogP contribution in [0.3, 0.4) is 0 Å². The Morgan fingerprint density at radius 3 is 2.40 bits per heavy atom. The lowest BCUT2D eigenvalue weighted by molar-refractivity contribution is -0.742. The van der Waals surface area contributed by atoms with Crippen LogP contribution in [0.15, 0.2) is 42.5 Å². The summed E-state index contributed by atoms with van der Waals surface area (Å²) in [6.45, 7) is 2.80. The Morgan fingerprint density at radius 2 is 1.74 bits per heavy atom. The SMILES string of the molecule is CNC(=S)N(C)CCNc1c2ccccc2nc2c(C(=O)NCCN(C)C)cccc12.O=[N+]([O-])O. The van der Waals surface area contributed by atoms with Crippen LogP contribution in [0.4, 0.5) is 5.69 Å². The summed E-state index contributed by atoms with van der Waals surface area (Å²) in [6, 6.07) is 13.7. The molecule has 0 saturated heterocycles. The number of thiocarbonyl (C=S) groups is 1. The highest BCUT2D eigenvalue weighted by atomic mass is 32.1. The van der Waals surface area contributed by atoms with E-state index in [1.165, 1.54) is 0 Å². The molecule has 0 aliphatic carbocycles. The highest BCUT2D eigenvalue weighted by Gasteiger charge is 2.16. The van der Waals surface area contributed by atoms with Crippen molar-refractivity contribution in [1.29, 1.82) is 0 Å².